The van der Waals surface area contributed by atoms with Crippen molar-refractivity contribution < 1.29 is 14.0 Å². The largest absolute Gasteiger partial charge is 0.335 e. The second-order valence-electron chi connectivity index (χ2n) is 7.07. The average Bonchev–Trinajstić information content (AvgIpc) is 3.38. The van der Waals surface area contributed by atoms with Gasteiger partial charge in [-0.1, -0.05) is 0 Å². The van der Waals surface area contributed by atoms with Gasteiger partial charge in [0.2, 0.25) is 5.91 Å². The van der Waals surface area contributed by atoms with Crippen LogP contribution in [-0.4, -0.2) is 59.3 Å². The molecule has 3 aromatic rings. The van der Waals surface area contributed by atoms with Gasteiger partial charge in [-0.25, -0.2) is 9.37 Å². The second-order valence-corrected chi connectivity index (χ2v) is 9.22. The molecule has 156 valence electrons. The first kappa shape index (κ1) is 20.6. The summed E-state index contributed by atoms with van der Waals surface area (Å²) in [6.07, 6.45) is 0. The fraction of sp³-hybridized carbons (Fsp3) is 0.286. The topological polar surface area (TPSA) is 65.5 Å². The number of rotatable bonds is 5. The molecule has 1 saturated heterocycles. The maximum absolute atomic E-state index is 13.1. The van der Waals surface area contributed by atoms with Crippen molar-refractivity contribution in [3.63, 3.8) is 0 Å². The molecule has 1 aliphatic heterocycles. The quantitative estimate of drug-likeness (QED) is 0.652. The lowest BCUT2D eigenvalue weighted by Gasteiger charge is -2.34. The molecule has 0 unspecified atom stereocenters. The molecule has 0 saturated carbocycles. The molecule has 1 fully saturated rings. The van der Waals surface area contributed by atoms with E-state index in [0.29, 0.717) is 37.0 Å². The van der Waals surface area contributed by atoms with Crippen LogP contribution in [0.3, 0.4) is 0 Å². The van der Waals surface area contributed by atoms with E-state index in [-0.39, 0.29) is 24.2 Å². The van der Waals surface area contributed by atoms with Crippen LogP contribution in [0.15, 0.2) is 41.8 Å². The molecule has 3 heterocycles. The van der Waals surface area contributed by atoms with Crippen molar-refractivity contribution >= 4 is 39.6 Å². The molecule has 2 amide bonds. The summed E-state index contributed by atoms with van der Waals surface area (Å²) in [5.74, 6) is -0.369. The molecule has 9 heteroatoms. The predicted octanol–water partition coefficient (Wildman–Crippen LogP) is 3.72. The summed E-state index contributed by atoms with van der Waals surface area (Å²) in [6.45, 7) is 4.77. The molecule has 0 bridgehead atoms. The van der Waals surface area contributed by atoms with E-state index < -0.39 is 0 Å². The molecule has 30 heavy (non-hydrogen) atoms. The maximum atomic E-state index is 13.1. The Kier molecular flexibility index (Phi) is 6.21. The van der Waals surface area contributed by atoms with Crippen molar-refractivity contribution in [2.24, 2.45) is 0 Å². The van der Waals surface area contributed by atoms with E-state index in [0.717, 1.165) is 15.3 Å². The van der Waals surface area contributed by atoms with Crippen molar-refractivity contribution in [1.82, 2.24) is 14.8 Å². The maximum Gasteiger partial charge on any atom is 0.264 e. The van der Waals surface area contributed by atoms with Gasteiger partial charge in [0.05, 0.1) is 17.1 Å². The molecule has 4 rings (SSSR count). The number of carbonyl (C=O) groups is 2. The highest BCUT2D eigenvalue weighted by Gasteiger charge is 2.24. The summed E-state index contributed by atoms with van der Waals surface area (Å²) in [7, 11) is 0. The van der Waals surface area contributed by atoms with Crippen LogP contribution in [0.25, 0.3) is 11.3 Å². The van der Waals surface area contributed by atoms with Crippen LogP contribution in [0.4, 0.5) is 9.52 Å². The lowest BCUT2D eigenvalue weighted by Crippen LogP contribution is -2.50. The number of nitrogens with zero attached hydrogens (tertiary/aromatic N) is 3. The number of hydrogen-bond donors (Lipinski definition) is 1. The van der Waals surface area contributed by atoms with Crippen molar-refractivity contribution in [1.29, 1.82) is 0 Å². The molecule has 2 aromatic heterocycles. The lowest BCUT2D eigenvalue weighted by molar-refractivity contribution is -0.117. The van der Waals surface area contributed by atoms with Gasteiger partial charge in [-0.05, 0) is 43.3 Å². The third kappa shape index (κ3) is 4.92. The Balaban J connectivity index is 1.26. The number of aromatic nitrogens is 1. The van der Waals surface area contributed by atoms with Gasteiger partial charge in [0.25, 0.3) is 5.91 Å². The Morgan fingerprint density at radius 2 is 1.83 bits per heavy atom. The lowest BCUT2D eigenvalue weighted by atomic mass is 10.2. The summed E-state index contributed by atoms with van der Waals surface area (Å²) >= 11 is 2.85. The highest BCUT2D eigenvalue weighted by Crippen LogP contribution is 2.25. The number of anilines is 1. The highest BCUT2D eigenvalue weighted by atomic mass is 32.1. The number of carbonyl (C=O) groups excluding carboxylic acids is 2. The van der Waals surface area contributed by atoms with Crippen molar-refractivity contribution in [3.8, 4) is 11.3 Å². The van der Waals surface area contributed by atoms with Gasteiger partial charge in [0.1, 0.15) is 5.82 Å². The smallest absolute Gasteiger partial charge is 0.264 e. The van der Waals surface area contributed by atoms with Gasteiger partial charge in [-0.15, -0.1) is 22.7 Å². The minimum atomic E-state index is -0.296. The number of amides is 2. The molecule has 6 nitrogen and oxygen atoms in total. The number of piperazine rings is 1. The fourth-order valence-electron chi connectivity index (χ4n) is 3.26. The Bertz CT molecular complexity index is 1040. The molecular formula is C21H21FN4O2S2. The van der Waals surface area contributed by atoms with E-state index in [9.17, 15) is 14.0 Å². The Hall–Kier alpha value is -2.62. The van der Waals surface area contributed by atoms with Crippen molar-refractivity contribution in [2.75, 3.05) is 38.0 Å². The molecule has 1 aliphatic rings. The fourth-order valence-corrected chi connectivity index (χ4v) is 4.83. The van der Waals surface area contributed by atoms with E-state index in [4.69, 9.17) is 0 Å². The van der Waals surface area contributed by atoms with Crippen LogP contribution in [0.5, 0.6) is 0 Å². The molecule has 0 radical (unpaired) electrons. The zero-order chi connectivity index (χ0) is 21.1. The molecule has 1 N–H and O–H groups in total. The zero-order valence-electron chi connectivity index (χ0n) is 16.4. The SMILES string of the molecule is Cc1ccc(C(=O)N2CCN(CC(=O)Nc3nc(-c4ccc(F)cc4)cs3)CC2)s1. The normalized spacial score (nSPS) is 14.7. The average molecular weight is 445 g/mol. The number of hydrogen-bond acceptors (Lipinski definition) is 6. The number of thiazole rings is 1. The van der Waals surface area contributed by atoms with E-state index in [1.807, 2.05) is 34.2 Å². The van der Waals surface area contributed by atoms with Crippen LogP contribution in [0.2, 0.25) is 0 Å². The zero-order valence-corrected chi connectivity index (χ0v) is 18.1. The number of halogens is 1. The molecule has 0 atom stereocenters. The van der Waals surface area contributed by atoms with Crippen molar-refractivity contribution in [3.05, 3.63) is 57.3 Å². The first-order valence-corrected chi connectivity index (χ1v) is 11.3. The second kappa shape index (κ2) is 9.03. The number of benzene rings is 1. The van der Waals surface area contributed by atoms with Crippen molar-refractivity contribution in [2.45, 2.75) is 6.92 Å². The molecule has 0 spiro atoms. The van der Waals surface area contributed by atoms with Gasteiger partial charge < -0.3 is 10.2 Å². The number of aryl methyl sites for hydroxylation is 1. The van der Waals surface area contributed by atoms with Crippen LogP contribution < -0.4 is 5.32 Å². The number of nitrogens with one attached hydrogen (secondary N) is 1. The van der Waals surface area contributed by atoms with E-state index >= 15 is 0 Å². The standard InChI is InChI=1S/C21H21FN4O2S2/c1-14-2-7-18(30-14)20(28)26-10-8-25(9-11-26)12-19(27)24-21-23-17(13-29-21)15-3-5-16(22)6-4-15/h2-7,13H,8-12H2,1H3,(H,23,24,27). The summed E-state index contributed by atoms with van der Waals surface area (Å²) in [5.41, 5.74) is 1.50. The van der Waals surface area contributed by atoms with Gasteiger partial charge in [-0.3, -0.25) is 14.5 Å². The van der Waals surface area contributed by atoms with Crippen LogP contribution >= 0.6 is 22.7 Å². The van der Waals surface area contributed by atoms with Gasteiger partial charge >= 0.3 is 0 Å². The minimum absolute atomic E-state index is 0.0632. The summed E-state index contributed by atoms with van der Waals surface area (Å²) in [5, 5.41) is 5.18. The Morgan fingerprint density at radius 1 is 1.10 bits per heavy atom. The first-order chi connectivity index (χ1) is 14.5. The molecule has 0 aliphatic carbocycles. The summed E-state index contributed by atoms with van der Waals surface area (Å²) in [6, 6.07) is 9.92. The third-order valence-corrected chi connectivity index (χ3v) is 6.61. The summed E-state index contributed by atoms with van der Waals surface area (Å²) in [4.78, 5) is 35.1. The monoisotopic (exact) mass is 444 g/mol. The van der Waals surface area contributed by atoms with Crippen LogP contribution in [0, 0.1) is 12.7 Å². The molecular weight excluding hydrogens is 423 g/mol. The first-order valence-electron chi connectivity index (χ1n) is 9.57. The highest BCUT2D eigenvalue weighted by molar-refractivity contribution is 7.14. The minimum Gasteiger partial charge on any atom is -0.335 e. The van der Waals surface area contributed by atoms with E-state index in [2.05, 4.69) is 10.3 Å². The van der Waals surface area contributed by atoms with Gasteiger partial charge in [0, 0.05) is 42.0 Å². The van der Waals surface area contributed by atoms with Crippen LogP contribution in [0.1, 0.15) is 14.5 Å². The van der Waals surface area contributed by atoms with Gasteiger partial charge in [-0.2, -0.15) is 0 Å². The number of thiophene rings is 1. The summed E-state index contributed by atoms with van der Waals surface area (Å²) < 4.78 is 13.1. The van der Waals surface area contributed by atoms with E-state index in [1.54, 1.807) is 12.1 Å². The molecule has 1 aromatic carbocycles. The Labute approximate surface area is 182 Å². The predicted molar refractivity (Wildman–Crippen MR) is 118 cm³/mol. The van der Waals surface area contributed by atoms with Gasteiger partial charge in [0.15, 0.2) is 5.13 Å². The van der Waals surface area contributed by atoms with E-state index in [1.165, 1.54) is 34.8 Å². The van der Waals surface area contributed by atoms with Crippen LogP contribution in [-0.2, 0) is 4.79 Å². The Morgan fingerprint density at radius 3 is 2.50 bits per heavy atom. The third-order valence-electron chi connectivity index (χ3n) is 4.87.